The van der Waals surface area contributed by atoms with Gasteiger partial charge in [0.05, 0.1) is 24.4 Å². The zero-order valence-electron chi connectivity index (χ0n) is 14.7. The molecule has 1 aliphatic rings. The summed E-state index contributed by atoms with van der Waals surface area (Å²) in [7, 11) is 0. The molecule has 1 amide bonds. The second kappa shape index (κ2) is 6.49. The summed E-state index contributed by atoms with van der Waals surface area (Å²) in [5, 5.41) is 14.5. The van der Waals surface area contributed by atoms with Crippen LogP contribution in [0.4, 0.5) is 10.2 Å². The number of hydrogen-bond acceptors (Lipinski definition) is 4. The maximum absolute atomic E-state index is 13.3. The quantitative estimate of drug-likeness (QED) is 0.569. The van der Waals surface area contributed by atoms with Crippen LogP contribution in [-0.2, 0) is 11.3 Å². The molecule has 0 saturated carbocycles. The summed E-state index contributed by atoms with van der Waals surface area (Å²) in [6.45, 7) is 0.422. The van der Waals surface area contributed by atoms with Crippen molar-refractivity contribution in [2.24, 2.45) is 0 Å². The normalized spacial score (nSPS) is 16.0. The van der Waals surface area contributed by atoms with Gasteiger partial charge in [-0.25, -0.2) is 9.07 Å². The number of aromatic amines is 1. The average Bonchev–Trinajstić information content (AvgIpc) is 3.44. The lowest BCUT2D eigenvalue weighted by molar-refractivity contribution is -0.116. The van der Waals surface area contributed by atoms with Gasteiger partial charge in [-0.2, -0.15) is 10.2 Å². The predicted octanol–water partition coefficient (Wildman–Crippen LogP) is 3.53. The number of H-pyrrole nitrogens is 1. The summed E-state index contributed by atoms with van der Waals surface area (Å²) in [5.74, 6) is 0.808. The van der Waals surface area contributed by atoms with Gasteiger partial charge in [-0.1, -0.05) is 0 Å². The van der Waals surface area contributed by atoms with Gasteiger partial charge < -0.3 is 9.73 Å². The van der Waals surface area contributed by atoms with E-state index in [2.05, 4.69) is 20.6 Å². The molecule has 2 N–H and O–H groups in total. The first-order valence-electron chi connectivity index (χ1n) is 8.86. The van der Waals surface area contributed by atoms with Crippen LogP contribution in [0.3, 0.4) is 0 Å². The predicted molar refractivity (Wildman–Crippen MR) is 99.1 cm³/mol. The molecule has 7 nitrogen and oxygen atoms in total. The molecule has 5 rings (SSSR count). The molecule has 3 aromatic heterocycles. The molecular weight excluding hydrogens is 361 g/mol. The van der Waals surface area contributed by atoms with Gasteiger partial charge in [0.2, 0.25) is 5.91 Å². The zero-order chi connectivity index (χ0) is 19.1. The van der Waals surface area contributed by atoms with Gasteiger partial charge in [-0.15, -0.1) is 0 Å². The maximum atomic E-state index is 13.3. The van der Waals surface area contributed by atoms with Crippen molar-refractivity contribution in [3.05, 3.63) is 77.8 Å². The maximum Gasteiger partial charge on any atom is 0.226 e. The summed E-state index contributed by atoms with van der Waals surface area (Å²) < 4.78 is 20.4. The van der Waals surface area contributed by atoms with Crippen LogP contribution in [-0.4, -0.2) is 25.9 Å². The minimum atomic E-state index is -0.302. The van der Waals surface area contributed by atoms with E-state index in [-0.39, 0.29) is 24.1 Å². The van der Waals surface area contributed by atoms with Gasteiger partial charge in [0, 0.05) is 29.0 Å². The fraction of sp³-hybridized carbons (Fsp3) is 0.150. The second-order valence-electron chi connectivity index (χ2n) is 6.70. The second-order valence-corrected chi connectivity index (χ2v) is 6.70. The molecule has 1 atom stereocenters. The lowest BCUT2D eigenvalue weighted by Crippen LogP contribution is -2.25. The summed E-state index contributed by atoms with van der Waals surface area (Å²) in [6.07, 6.45) is 5.37. The van der Waals surface area contributed by atoms with Crippen LogP contribution < -0.4 is 5.32 Å². The smallest absolute Gasteiger partial charge is 0.226 e. The summed E-state index contributed by atoms with van der Waals surface area (Å²) >= 11 is 0. The minimum Gasteiger partial charge on any atom is -0.467 e. The number of rotatable bonds is 4. The Kier molecular flexibility index (Phi) is 3.82. The Labute approximate surface area is 159 Å². The van der Waals surface area contributed by atoms with Crippen molar-refractivity contribution in [2.75, 3.05) is 5.32 Å². The van der Waals surface area contributed by atoms with Gasteiger partial charge >= 0.3 is 0 Å². The first-order valence-corrected chi connectivity index (χ1v) is 8.86. The van der Waals surface area contributed by atoms with Gasteiger partial charge in [-0.3, -0.25) is 9.89 Å². The number of amides is 1. The number of benzene rings is 1. The summed E-state index contributed by atoms with van der Waals surface area (Å²) in [6, 6.07) is 9.86. The first kappa shape index (κ1) is 16.5. The number of halogens is 1. The Balaban J connectivity index is 1.55. The molecular formula is C20H16FN5O2. The van der Waals surface area contributed by atoms with Crippen molar-refractivity contribution in [1.29, 1.82) is 0 Å². The molecule has 4 heterocycles. The molecule has 28 heavy (non-hydrogen) atoms. The number of furan rings is 1. The van der Waals surface area contributed by atoms with Crippen LogP contribution in [0.15, 0.2) is 59.5 Å². The van der Waals surface area contributed by atoms with Crippen molar-refractivity contribution >= 4 is 11.7 Å². The Morgan fingerprint density at radius 3 is 2.82 bits per heavy atom. The highest BCUT2D eigenvalue weighted by Gasteiger charge is 2.32. The molecule has 0 spiro atoms. The van der Waals surface area contributed by atoms with E-state index in [0.29, 0.717) is 12.4 Å². The van der Waals surface area contributed by atoms with Crippen molar-refractivity contribution in [3.8, 4) is 11.3 Å². The molecule has 1 aliphatic heterocycles. The van der Waals surface area contributed by atoms with E-state index in [9.17, 15) is 9.18 Å². The Morgan fingerprint density at radius 2 is 2.04 bits per heavy atom. The number of anilines is 1. The van der Waals surface area contributed by atoms with E-state index >= 15 is 0 Å². The number of fused-ring (bicyclic) bond motifs is 1. The molecule has 4 aromatic rings. The lowest BCUT2D eigenvalue weighted by Gasteiger charge is -2.23. The van der Waals surface area contributed by atoms with Crippen molar-refractivity contribution < 1.29 is 13.6 Å². The van der Waals surface area contributed by atoms with Crippen molar-refractivity contribution in [3.63, 3.8) is 0 Å². The van der Waals surface area contributed by atoms with Gasteiger partial charge in [0.15, 0.2) is 0 Å². The third-order valence-electron chi connectivity index (χ3n) is 4.95. The molecule has 140 valence electrons. The van der Waals surface area contributed by atoms with Crippen LogP contribution in [0.25, 0.3) is 11.3 Å². The molecule has 0 aliphatic carbocycles. The van der Waals surface area contributed by atoms with E-state index in [1.165, 1.54) is 12.1 Å². The number of hydrogen-bond donors (Lipinski definition) is 2. The zero-order valence-corrected chi connectivity index (χ0v) is 14.7. The first-order chi connectivity index (χ1) is 13.7. The minimum absolute atomic E-state index is 0.0926. The average molecular weight is 377 g/mol. The molecule has 8 heteroatoms. The third-order valence-corrected chi connectivity index (χ3v) is 4.95. The molecule has 0 fully saturated rings. The Bertz CT molecular complexity index is 1130. The van der Waals surface area contributed by atoms with Crippen LogP contribution >= 0.6 is 0 Å². The molecule has 0 radical (unpaired) electrons. The molecule has 0 unspecified atom stereocenters. The SMILES string of the molecule is O=C1C[C@@H](c2cn[nH]c2-c2ccc(F)cc2)c2cnn(Cc3ccco3)c2N1. The lowest BCUT2D eigenvalue weighted by atomic mass is 9.86. The van der Waals surface area contributed by atoms with Crippen LogP contribution in [0.5, 0.6) is 0 Å². The number of carbonyl (C=O) groups excluding carboxylic acids is 1. The van der Waals surface area contributed by atoms with Gasteiger partial charge in [-0.05, 0) is 36.4 Å². The highest BCUT2D eigenvalue weighted by Crippen LogP contribution is 2.40. The van der Waals surface area contributed by atoms with Crippen LogP contribution in [0.2, 0.25) is 0 Å². The number of aromatic nitrogens is 4. The van der Waals surface area contributed by atoms with Crippen LogP contribution in [0.1, 0.15) is 29.2 Å². The molecule has 1 aromatic carbocycles. The monoisotopic (exact) mass is 377 g/mol. The van der Waals surface area contributed by atoms with E-state index < -0.39 is 0 Å². The highest BCUT2D eigenvalue weighted by molar-refractivity contribution is 5.94. The number of carbonyl (C=O) groups is 1. The van der Waals surface area contributed by atoms with E-state index in [1.807, 2.05) is 12.1 Å². The van der Waals surface area contributed by atoms with Crippen LogP contribution in [0, 0.1) is 5.82 Å². The molecule has 0 saturated heterocycles. The molecule has 0 bridgehead atoms. The third kappa shape index (κ3) is 2.79. The standard InChI is InChI=1S/C20H16FN5O2/c21-13-5-3-12(4-6-13)19-16(9-22-25-19)15-8-18(27)24-20-17(15)10-23-26(20)11-14-2-1-7-28-14/h1-7,9-10,15H,8,11H2,(H,22,25)(H,24,27)/t15-/m0/s1. The highest BCUT2D eigenvalue weighted by atomic mass is 19.1. The topological polar surface area (TPSA) is 88.7 Å². The number of nitrogens with one attached hydrogen (secondary N) is 2. The van der Waals surface area contributed by atoms with Gasteiger partial charge in [0.1, 0.15) is 23.9 Å². The Hall–Kier alpha value is -3.68. The fourth-order valence-corrected chi connectivity index (χ4v) is 3.62. The summed E-state index contributed by atoms with van der Waals surface area (Å²) in [5.41, 5.74) is 3.37. The fourth-order valence-electron chi connectivity index (χ4n) is 3.62. The van der Waals surface area contributed by atoms with Crippen molar-refractivity contribution in [2.45, 2.75) is 18.9 Å². The van der Waals surface area contributed by atoms with E-state index in [4.69, 9.17) is 4.42 Å². The summed E-state index contributed by atoms with van der Waals surface area (Å²) in [4.78, 5) is 12.4. The largest absolute Gasteiger partial charge is 0.467 e. The van der Waals surface area contributed by atoms with E-state index in [1.54, 1.807) is 35.5 Å². The van der Waals surface area contributed by atoms with E-state index in [0.717, 1.165) is 28.1 Å². The van der Waals surface area contributed by atoms with Gasteiger partial charge in [0.25, 0.3) is 0 Å². The van der Waals surface area contributed by atoms with Crippen molar-refractivity contribution in [1.82, 2.24) is 20.0 Å². The number of nitrogens with zero attached hydrogens (tertiary/aromatic N) is 3. The Morgan fingerprint density at radius 1 is 1.18 bits per heavy atom.